The van der Waals surface area contributed by atoms with Gasteiger partial charge in [-0.2, -0.15) is 0 Å². The Morgan fingerprint density at radius 2 is 0.772 bits per heavy atom. The molecular formula is C52H47F2N3. The lowest BCUT2D eigenvalue weighted by Gasteiger charge is -2.23. The molecule has 5 aromatic carbocycles. The number of pyridine rings is 2. The molecule has 0 fully saturated rings. The van der Waals surface area contributed by atoms with Crippen molar-refractivity contribution in [2.45, 2.75) is 78.6 Å². The number of H-pyrrole nitrogens is 1. The summed E-state index contributed by atoms with van der Waals surface area (Å²) in [6, 6.07) is 37.9. The van der Waals surface area contributed by atoms with Crippen molar-refractivity contribution in [2.24, 2.45) is 0 Å². The Morgan fingerprint density at radius 1 is 0.404 bits per heavy atom. The number of nitrogens with one attached hydrogen (secondary N) is 1. The lowest BCUT2D eigenvalue weighted by atomic mass is 9.83. The van der Waals surface area contributed by atoms with E-state index in [2.05, 4.69) is 91.6 Å². The molecule has 1 aliphatic rings. The van der Waals surface area contributed by atoms with Gasteiger partial charge in [0.25, 0.3) is 0 Å². The number of rotatable bonds is 2. The second-order valence-corrected chi connectivity index (χ2v) is 18.7. The number of halogens is 2. The molecular weight excluding hydrogens is 705 g/mol. The van der Waals surface area contributed by atoms with Crippen LogP contribution in [-0.2, 0) is 16.2 Å². The Labute approximate surface area is 333 Å². The van der Waals surface area contributed by atoms with Crippen molar-refractivity contribution in [1.82, 2.24) is 15.0 Å². The van der Waals surface area contributed by atoms with Crippen LogP contribution in [0.2, 0.25) is 0 Å². The van der Waals surface area contributed by atoms with Gasteiger partial charge in [-0.1, -0.05) is 123 Å². The molecule has 8 aromatic rings. The standard InChI is InChI=1S/C52H47F2N3/c1-50(2,3)33-21-31-20-32(22-33)47-45(54)37(30-18-14-11-15-19-30)28-43(56-47)41-26-35(52(7,8)9)24-39-38-23-34(51(4,5)6)25-40(48(38)57-49(39)41)42-27-36(44(53)46(31)55-42)29-16-12-10-13-17-29/h10-28,57H,1-9H3. The molecule has 0 amide bonds. The molecule has 1 aliphatic heterocycles. The van der Waals surface area contributed by atoms with Crippen molar-refractivity contribution in [1.29, 1.82) is 0 Å². The molecule has 3 aromatic heterocycles. The highest BCUT2D eigenvalue weighted by atomic mass is 19.1. The van der Waals surface area contributed by atoms with Crippen LogP contribution in [0.1, 0.15) is 79.0 Å². The number of hydrogen-bond donors (Lipinski definition) is 1. The van der Waals surface area contributed by atoms with E-state index in [-0.39, 0.29) is 27.6 Å². The van der Waals surface area contributed by atoms with Gasteiger partial charge in [-0.15, -0.1) is 0 Å². The lowest BCUT2D eigenvalue weighted by Crippen LogP contribution is -2.12. The first kappa shape index (κ1) is 36.7. The third kappa shape index (κ3) is 6.25. The molecule has 284 valence electrons. The Morgan fingerprint density at radius 3 is 1.14 bits per heavy atom. The van der Waals surface area contributed by atoms with Gasteiger partial charge in [0, 0.05) is 44.2 Å². The molecule has 5 heteroatoms. The molecule has 0 aliphatic carbocycles. The molecule has 0 atom stereocenters. The smallest absolute Gasteiger partial charge is 0.157 e. The van der Waals surface area contributed by atoms with Crippen LogP contribution in [0.4, 0.5) is 8.78 Å². The summed E-state index contributed by atoms with van der Waals surface area (Å²) in [4.78, 5) is 14.4. The number of nitrogens with zero attached hydrogens (tertiary/aromatic N) is 2. The second-order valence-electron chi connectivity index (χ2n) is 18.7. The maximum atomic E-state index is 17.4. The number of fused-ring (bicyclic) bond motifs is 11. The van der Waals surface area contributed by atoms with E-state index in [0.29, 0.717) is 33.6 Å². The van der Waals surface area contributed by atoms with Crippen LogP contribution in [0.15, 0.2) is 115 Å². The normalized spacial score (nSPS) is 12.8. The van der Waals surface area contributed by atoms with Crippen LogP contribution in [0, 0.1) is 11.6 Å². The number of aromatic amines is 1. The first-order valence-corrected chi connectivity index (χ1v) is 19.8. The molecule has 1 N–H and O–H groups in total. The zero-order chi connectivity index (χ0) is 40.2. The summed E-state index contributed by atoms with van der Waals surface area (Å²) in [6.45, 7) is 19.7. The maximum Gasteiger partial charge on any atom is 0.157 e. The Kier molecular flexibility index (Phi) is 8.23. The number of aromatic nitrogens is 3. The average Bonchev–Trinajstić information content (AvgIpc) is 3.55. The average molecular weight is 752 g/mol. The predicted octanol–water partition coefficient (Wildman–Crippen LogP) is 14.6. The van der Waals surface area contributed by atoms with Crippen molar-refractivity contribution >= 4 is 21.8 Å². The fraction of sp³-hybridized carbons (Fsp3) is 0.231. The maximum absolute atomic E-state index is 17.4. The van der Waals surface area contributed by atoms with Gasteiger partial charge in [0.15, 0.2) is 11.6 Å². The third-order valence-corrected chi connectivity index (χ3v) is 11.5. The molecule has 0 spiro atoms. The second kappa shape index (κ2) is 12.8. The summed E-state index contributed by atoms with van der Waals surface area (Å²) >= 11 is 0. The summed E-state index contributed by atoms with van der Waals surface area (Å²) in [5, 5.41) is 2.09. The van der Waals surface area contributed by atoms with E-state index in [0.717, 1.165) is 60.8 Å². The molecule has 0 saturated heterocycles. The van der Waals surface area contributed by atoms with Crippen molar-refractivity contribution in [3.63, 3.8) is 0 Å². The number of hydrogen-bond acceptors (Lipinski definition) is 2. The molecule has 57 heavy (non-hydrogen) atoms. The largest absolute Gasteiger partial charge is 0.353 e. The van der Waals surface area contributed by atoms with Crippen molar-refractivity contribution < 1.29 is 8.78 Å². The SMILES string of the molecule is CC(C)(C)c1cc2cc(c1)-c1nc(cc(-c3ccccc3)c1F)-c1cc(C(C)(C)C)cc3c1[nH]c1c(cc(C(C)(C)C)cc13)-c1cc(-c3ccccc3)c(F)c-2n1. The monoisotopic (exact) mass is 751 g/mol. The zero-order valence-electron chi connectivity index (χ0n) is 34.1. The van der Waals surface area contributed by atoms with Crippen LogP contribution in [-0.4, -0.2) is 15.0 Å². The van der Waals surface area contributed by atoms with Crippen LogP contribution in [0.3, 0.4) is 0 Å². The fourth-order valence-corrected chi connectivity index (χ4v) is 8.08. The third-order valence-electron chi connectivity index (χ3n) is 11.5. The minimum Gasteiger partial charge on any atom is -0.353 e. The van der Waals surface area contributed by atoms with Crippen molar-refractivity contribution in [3.8, 4) is 67.3 Å². The molecule has 9 rings (SSSR count). The van der Waals surface area contributed by atoms with E-state index in [1.165, 1.54) is 0 Å². The summed E-state index contributed by atoms with van der Waals surface area (Å²) in [6.07, 6.45) is 0. The predicted molar refractivity (Wildman–Crippen MR) is 234 cm³/mol. The topological polar surface area (TPSA) is 41.6 Å². The Balaban J connectivity index is 1.55. The molecule has 0 unspecified atom stereocenters. The van der Waals surface area contributed by atoms with Gasteiger partial charge >= 0.3 is 0 Å². The van der Waals surface area contributed by atoms with Gasteiger partial charge in [0.2, 0.25) is 0 Å². The van der Waals surface area contributed by atoms with E-state index < -0.39 is 11.6 Å². The molecule has 0 radical (unpaired) electrons. The van der Waals surface area contributed by atoms with Crippen LogP contribution in [0.5, 0.6) is 0 Å². The minimum atomic E-state index is -0.432. The van der Waals surface area contributed by atoms with Gasteiger partial charge in [-0.3, -0.25) is 0 Å². The van der Waals surface area contributed by atoms with Crippen LogP contribution >= 0.6 is 0 Å². The lowest BCUT2D eigenvalue weighted by molar-refractivity contribution is 0.590. The van der Waals surface area contributed by atoms with Gasteiger partial charge in [0.05, 0.1) is 22.4 Å². The Bertz CT molecular complexity index is 2710. The van der Waals surface area contributed by atoms with E-state index in [9.17, 15) is 0 Å². The van der Waals surface area contributed by atoms with Crippen molar-refractivity contribution in [3.05, 3.63) is 144 Å². The highest BCUT2D eigenvalue weighted by molar-refractivity contribution is 6.16. The van der Waals surface area contributed by atoms with Gasteiger partial charge < -0.3 is 4.98 Å². The van der Waals surface area contributed by atoms with Crippen molar-refractivity contribution in [2.75, 3.05) is 0 Å². The molecule has 8 bridgehead atoms. The summed E-state index contributed by atoms with van der Waals surface area (Å²) in [7, 11) is 0. The van der Waals surface area contributed by atoms with Crippen LogP contribution in [0.25, 0.3) is 89.1 Å². The minimum absolute atomic E-state index is 0.205. The highest BCUT2D eigenvalue weighted by Crippen LogP contribution is 2.46. The summed E-state index contributed by atoms with van der Waals surface area (Å²) in [5.41, 5.74) is 11.2. The molecule has 4 heterocycles. The molecule has 3 nitrogen and oxygen atoms in total. The fourth-order valence-electron chi connectivity index (χ4n) is 8.08. The number of benzene rings is 5. The van der Waals surface area contributed by atoms with Gasteiger partial charge in [-0.05, 0) is 98.7 Å². The quantitative estimate of drug-likeness (QED) is 0.191. The van der Waals surface area contributed by atoms with Crippen LogP contribution < -0.4 is 0 Å². The summed E-state index contributed by atoms with van der Waals surface area (Å²) < 4.78 is 34.8. The summed E-state index contributed by atoms with van der Waals surface area (Å²) in [5.74, 6) is -0.864. The van der Waals surface area contributed by atoms with E-state index in [4.69, 9.17) is 9.97 Å². The molecule has 0 saturated carbocycles. The van der Waals surface area contributed by atoms with E-state index >= 15 is 8.78 Å². The van der Waals surface area contributed by atoms with E-state index in [1.54, 1.807) is 0 Å². The highest BCUT2D eigenvalue weighted by Gasteiger charge is 2.28. The van der Waals surface area contributed by atoms with Gasteiger partial charge in [-0.25, -0.2) is 18.7 Å². The van der Waals surface area contributed by atoms with Gasteiger partial charge in [0.1, 0.15) is 11.4 Å². The Hall–Kier alpha value is -5.94. The first-order chi connectivity index (χ1) is 27.0. The van der Waals surface area contributed by atoms with E-state index in [1.807, 2.05) is 91.0 Å². The first-order valence-electron chi connectivity index (χ1n) is 19.8. The zero-order valence-corrected chi connectivity index (χ0v) is 34.1.